The summed E-state index contributed by atoms with van der Waals surface area (Å²) in [6, 6.07) is 1.15. The van der Waals surface area contributed by atoms with Crippen LogP contribution < -0.4 is 5.32 Å². The Morgan fingerprint density at radius 1 is 1.45 bits per heavy atom. The van der Waals surface area contributed by atoms with Gasteiger partial charge in [-0.3, -0.25) is 9.59 Å². The summed E-state index contributed by atoms with van der Waals surface area (Å²) < 4.78 is 5.18. The number of aromatic nitrogens is 1. The van der Waals surface area contributed by atoms with E-state index >= 15 is 0 Å². The molecule has 0 spiro atoms. The van der Waals surface area contributed by atoms with Gasteiger partial charge < -0.3 is 14.6 Å². The van der Waals surface area contributed by atoms with Crippen molar-refractivity contribution < 1.29 is 14.0 Å². The Morgan fingerprint density at radius 3 is 2.91 bits per heavy atom. The summed E-state index contributed by atoms with van der Waals surface area (Å²) in [7, 11) is 0. The minimum absolute atomic E-state index is 0.174. The zero-order valence-electron chi connectivity index (χ0n) is 12.2. The topological polar surface area (TPSA) is 75.4 Å². The lowest BCUT2D eigenvalue weighted by molar-refractivity contribution is -0.119. The van der Waals surface area contributed by atoms with E-state index < -0.39 is 6.04 Å². The molecule has 0 radical (unpaired) electrons. The van der Waals surface area contributed by atoms with Crippen molar-refractivity contribution in [1.82, 2.24) is 9.88 Å². The van der Waals surface area contributed by atoms with Crippen LogP contribution in [0, 0.1) is 13.8 Å². The van der Waals surface area contributed by atoms with E-state index in [0.717, 1.165) is 4.88 Å². The second-order valence-corrected chi connectivity index (χ2v) is 7.18. The second-order valence-electron chi connectivity index (χ2n) is 4.95. The molecule has 1 fully saturated rings. The maximum Gasteiger partial charge on any atom is 0.258 e. The van der Waals surface area contributed by atoms with Gasteiger partial charge in [0, 0.05) is 16.8 Å². The van der Waals surface area contributed by atoms with Crippen LogP contribution in [0.5, 0.6) is 0 Å². The summed E-state index contributed by atoms with van der Waals surface area (Å²) >= 11 is 2.98. The van der Waals surface area contributed by atoms with E-state index in [9.17, 15) is 9.59 Å². The van der Waals surface area contributed by atoms with Gasteiger partial charge in [-0.05, 0) is 19.9 Å². The molecule has 0 aromatic carbocycles. The summed E-state index contributed by atoms with van der Waals surface area (Å²) in [6.07, 6.45) is 3.20. The van der Waals surface area contributed by atoms with Crippen molar-refractivity contribution in [3.05, 3.63) is 34.7 Å². The maximum absolute atomic E-state index is 12.6. The predicted molar refractivity (Wildman–Crippen MR) is 86.2 cm³/mol. The smallest absolute Gasteiger partial charge is 0.258 e. The van der Waals surface area contributed by atoms with E-state index in [2.05, 4.69) is 10.3 Å². The van der Waals surface area contributed by atoms with Crippen molar-refractivity contribution in [3.8, 4) is 0 Å². The third-order valence-electron chi connectivity index (χ3n) is 3.39. The van der Waals surface area contributed by atoms with E-state index in [1.807, 2.05) is 6.92 Å². The molecular weight excluding hydrogens is 322 g/mol. The molecule has 3 rings (SSSR count). The van der Waals surface area contributed by atoms with Crippen LogP contribution in [0.3, 0.4) is 0 Å². The normalized spacial score (nSPS) is 17.7. The van der Waals surface area contributed by atoms with Crippen LogP contribution in [-0.4, -0.2) is 39.4 Å². The van der Waals surface area contributed by atoms with Crippen molar-refractivity contribution in [2.45, 2.75) is 19.9 Å². The summed E-state index contributed by atoms with van der Waals surface area (Å²) in [5.41, 5.74) is 0.505. The minimum atomic E-state index is -0.490. The molecular formula is C14H15N3O3S2. The quantitative estimate of drug-likeness (QED) is 0.931. The van der Waals surface area contributed by atoms with Gasteiger partial charge in [0.05, 0.1) is 17.7 Å². The highest BCUT2D eigenvalue weighted by Crippen LogP contribution is 2.26. The van der Waals surface area contributed by atoms with Gasteiger partial charge in [0.1, 0.15) is 11.8 Å². The minimum Gasteiger partial charge on any atom is -0.469 e. The van der Waals surface area contributed by atoms with E-state index in [1.54, 1.807) is 35.8 Å². The summed E-state index contributed by atoms with van der Waals surface area (Å²) in [4.78, 5) is 31.7. The maximum atomic E-state index is 12.6. The second kappa shape index (κ2) is 6.13. The van der Waals surface area contributed by atoms with Crippen LogP contribution in [-0.2, 0) is 4.79 Å². The number of thiazole rings is 1. The first kappa shape index (κ1) is 15.1. The van der Waals surface area contributed by atoms with E-state index in [1.165, 1.54) is 17.6 Å². The zero-order chi connectivity index (χ0) is 15.7. The Morgan fingerprint density at radius 2 is 2.27 bits per heavy atom. The first-order chi connectivity index (χ1) is 10.6. The highest BCUT2D eigenvalue weighted by molar-refractivity contribution is 7.99. The van der Waals surface area contributed by atoms with Gasteiger partial charge in [0.15, 0.2) is 5.13 Å². The molecule has 2 amide bonds. The number of thioether (sulfide) groups is 1. The fourth-order valence-electron chi connectivity index (χ4n) is 2.22. The van der Waals surface area contributed by atoms with Crippen LogP contribution in [0.25, 0.3) is 0 Å². The van der Waals surface area contributed by atoms with E-state index in [4.69, 9.17) is 4.42 Å². The van der Waals surface area contributed by atoms with Crippen LogP contribution in [0.2, 0.25) is 0 Å². The number of aryl methyl sites for hydroxylation is 2. The Hall–Kier alpha value is -1.80. The molecule has 1 saturated heterocycles. The van der Waals surface area contributed by atoms with Gasteiger partial charge in [-0.2, -0.15) is 0 Å². The third-order valence-corrected chi connectivity index (χ3v) is 5.23. The van der Waals surface area contributed by atoms with Crippen molar-refractivity contribution in [2.24, 2.45) is 0 Å². The first-order valence-electron chi connectivity index (χ1n) is 6.72. The van der Waals surface area contributed by atoms with Gasteiger partial charge in [0.25, 0.3) is 5.91 Å². The molecule has 8 heteroatoms. The number of carbonyl (C=O) groups is 2. The Labute approximate surface area is 135 Å². The number of nitrogens with zero attached hydrogens (tertiary/aromatic N) is 2. The lowest BCUT2D eigenvalue weighted by Crippen LogP contribution is -2.44. The lowest BCUT2D eigenvalue weighted by Gasteiger charge is -2.22. The highest BCUT2D eigenvalue weighted by Gasteiger charge is 2.36. The molecule has 3 heterocycles. The number of hydrogen-bond acceptors (Lipinski definition) is 6. The standard InChI is InChI=1S/C14H15N3O3S2/c1-8-5-15-14(22-8)16-12(18)11-6-21-7-17(11)13(19)10-3-4-20-9(10)2/h3-5,11H,6-7H2,1-2H3,(H,15,16,18). The number of carbonyl (C=O) groups excluding carboxylic acids is 2. The summed E-state index contributed by atoms with van der Waals surface area (Å²) in [6.45, 7) is 3.67. The molecule has 6 nitrogen and oxygen atoms in total. The number of nitrogens with one attached hydrogen (secondary N) is 1. The van der Waals surface area contributed by atoms with Crippen molar-refractivity contribution in [2.75, 3.05) is 16.9 Å². The molecule has 0 aliphatic carbocycles. The van der Waals surface area contributed by atoms with Gasteiger partial charge in [-0.15, -0.1) is 23.1 Å². The average Bonchev–Trinajstić information content (AvgIpc) is 3.19. The molecule has 0 bridgehead atoms. The zero-order valence-corrected chi connectivity index (χ0v) is 13.8. The largest absolute Gasteiger partial charge is 0.469 e. The van der Waals surface area contributed by atoms with Crippen LogP contribution >= 0.6 is 23.1 Å². The summed E-state index contributed by atoms with van der Waals surface area (Å²) in [5, 5.41) is 3.35. The van der Waals surface area contributed by atoms with Crippen LogP contribution in [0.15, 0.2) is 22.9 Å². The third kappa shape index (κ3) is 2.89. The molecule has 0 saturated carbocycles. The number of hydrogen-bond donors (Lipinski definition) is 1. The monoisotopic (exact) mass is 337 g/mol. The predicted octanol–water partition coefficient (Wildman–Crippen LogP) is 2.51. The number of amides is 2. The van der Waals surface area contributed by atoms with Crippen LogP contribution in [0.4, 0.5) is 5.13 Å². The van der Waals surface area contributed by atoms with Crippen molar-refractivity contribution >= 4 is 40.0 Å². The van der Waals surface area contributed by atoms with Crippen molar-refractivity contribution in [1.29, 1.82) is 0 Å². The molecule has 22 heavy (non-hydrogen) atoms. The van der Waals surface area contributed by atoms with Gasteiger partial charge in [0.2, 0.25) is 5.91 Å². The summed E-state index contributed by atoms with van der Waals surface area (Å²) in [5.74, 6) is 1.27. The SMILES string of the molecule is Cc1cnc(NC(=O)C2CSCN2C(=O)c2ccoc2C)s1. The van der Waals surface area contributed by atoms with E-state index in [-0.39, 0.29) is 11.8 Å². The molecule has 1 aliphatic heterocycles. The number of anilines is 1. The molecule has 1 unspecified atom stereocenters. The molecule has 1 atom stereocenters. The highest BCUT2D eigenvalue weighted by atomic mass is 32.2. The molecule has 2 aromatic heterocycles. The van der Waals surface area contributed by atoms with Gasteiger partial charge in [-0.25, -0.2) is 4.98 Å². The van der Waals surface area contributed by atoms with E-state index in [0.29, 0.717) is 28.1 Å². The Kier molecular flexibility index (Phi) is 4.21. The molecule has 2 aromatic rings. The Balaban J connectivity index is 1.74. The molecule has 116 valence electrons. The fraction of sp³-hybridized carbons (Fsp3) is 0.357. The first-order valence-corrected chi connectivity index (χ1v) is 8.69. The fourth-order valence-corrected chi connectivity index (χ4v) is 4.04. The number of furan rings is 1. The van der Waals surface area contributed by atoms with Gasteiger partial charge in [-0.1, -0.05) is 0 Å². The lowest BCUT2D eigenvalue weighted by atomic mass is 10.2. The van der Waals surface area contributed by atoms with Gasteiger partial charge >= 0.3 is 0 Å². The molecule has 1 aliphatic rings. The average molecular weight is 337 g/mol. The van der Waals surface area contributed by atoms with Crippen molar-refractivity contribution in [3.63, 3.8) is 0 Å². The number of rotatable bonds is 3. The van der Waals surface area contributed by atoms with Crippen LogP contribution in [0.1, 0.15) is 21.0 Å². The Bertz CT molecular complexity index is 710. The molecule has 1 N–H and O–H groups in total.